The average molecular weight is 265 g/mol. The number of aromatic nitrogens is 3. The molecule has 0 spiro atoms. The fourth-order valence-electron chi connectivity index (χ4n) is 1.69. The van der Waals surface area contributed by atoms with E-state index in [0.29, 0.717) is 27.8 Å². The van der Waals surface area contributed by atoms with Crippen LogP contribution in [0.2, 0.25) is 5.02 Å². The van der Waals surface area contributed by atoms with Crippen LogP contribution in [0.15, 0.2) is 18.3 Å². The van der Waals surface area contributed by atoms with Crippen molar-refractivity contribution in [2.45, 2.75) is 13.3 Å². The van der Waals surface area contributed by atoms with Gasteiger partial charge in [-0.15, -0.1) is 0 Å². The minimum Gasteiger partial charge on any atom is -0.397 e. The van der Waals surface area contributed by atoms with E-state index in [0.717, 1.165) is 0 Å². The smallest absolute Gasteiger partial charge is 0.187 e. The maximum absolute atomic E-state index is 12.0. The van der Waals surface area contributed by atoms with Crippen LogP contribution in [0.4, 0.5) is 5.69 Å². The fourth-order valence-corrected chi connectivity index (χ4v) is 1.91. The van der Waals surface area contributed by atoms with Gasteiger partial charge in [-0.3, -0.25) is 14.5 Å². The first-order chi connectivity index (χ1) is 8.49. The van der Waals surface area contributed by atoms with E-state index in [9.17, 15) is 4.79 Å². The number of carbonyl (C=O) groups excluding carboxylic acids is 1. The van der Waals surface area contributed by atoms with E-state index in [1.807, 2.05) is 0 Å². The molecule has 0 saturated heterocycles. The molecule has 5 nitrogen and oxygen atoms in total. The first-order valence-corrected chi connectivity index (χ1v) is 5.79. The third kappa shape index (κ3) is 2.36. The number of anilines is 1. The number of nitrogen functional groups attached to an aromatic ring is 1. The maximum atomic E-state index is 12.0. The number of hydrogen-bond acceptors (Lipinski definition) is 4. The molecule has 2 rings (SSSR count). The van der Waals surface area contributed by atoms with Gasteiger partial charge in [0.2, 0.25) is 0 Å². The summed E-state index contributed by atoms with van der Waals surface area (Å²) in [4.78, 5) is 16.0. The Bertz CT molecular complexity index is 589. The second-order valence-corrected chi connectivity index (χ2v) is 4.42. The number of hydrogen-bond donors (Lipinski definition) is 1. The van der Waals surface area contributed by atoms with Gasteiger partial charge in [0.15, 0.2) is 5.78 Å². The van der Waals surface area contributed by atoms with Crippen molar-refractivity contribution in [3.8, 4) is 0 Å². The molecule has 0 unspecified atom stereocenters. The van der Waals surface area contributed by atoms with E-state index in [1.54, 1.807) is 30.8 Å². The average Bonchev–Trinajstić information content (AvgIpc) is 2.57. The molecule has 0 aliphatic carbocycles. The first kappa shape index (κ1) is 12.6. The Morgan fingerprint density at radius 2 is 2.22 bits per heavy atom. The molecular formula is C12H13ClN4O. The summed E-state index contributed by atoms with van der Waals surface area (Å²) in [6.45, 7) is 1.80. The second kappa shape index (κ2) is 4.78. The molecule has 0 amide bonds. The molecule has 18 heavy (non-hydrogen) atoms. The maximum Gasteiger partial charge on any atom is 0.187 e. The molecule has 0 saturated carbocycles. The molecule has 2 aromatic heterocycles. The molecule has 0 bridgehead atoms. The van der Waals surface area contributed by atoms with Crippen molar-refractivity contribution in [1.29, 1.82) is 0 Å². The van der Waals surface area contributed by atoms with Crippen molar-refractivity contribution in [2.24, 2.45) is 7.05 Å². The number of rotatable bonds is 3. The fraction of sp³-hybridized carbons (Fsp3) is 0.250. The Balaban J connectivity index is 2.24. The molecule has 0 atom stereocenters. The number of nitrogens with zero attached hydrogens (tertiary/aromatic N) is 3. The van der Waals surface area contributed by atoms with E-state index < -0.39 is 0 Å². The summed E-state index contributed by atoms with van der Waals surface area (Å²) in [5, 5.41) is 4.69. The van der Waals surface area contributed by atoms with E-state index in [-0.39, 0.29) is 12.2 Å². The molecular weight excluding hydrogens is 252 g/mol. The zero-order valence-corrected chi connectivity index (χ0v) is 10.9. The van der Waals surface area contributed by atoms with Crippen molar-refractivity contribution in [1.82, 2.24) is 14.8 Å². The van der Waals surface area contributed by atoms with Crippen LogP contribution >= 0.6 is 11.6 Å². The molecule has 6 heteroatoms. The molecule has 2 heterocycles. The Kier molecular flexibility index (Phi) is 3.34. The van der Waals surface area contributed by atoms with Crippen molar-refractivity contribution in [3.63, 3.8) is 0 Å². The Morgan fingerprint density at radius 3 is 2.72 bits per heavy atom. The van der Waals surface area contributed by atoms with E-state index in [2.05, 4.69) is 10.1 Å². The number of carbonyl (C=O) groups is 1. The summed E-state index contributed by atoms with van der Waals surface area (Å²) in [5.41, 5.74) is 7.83. The summed E-state index contributed by atoms with van der Waals surface area (Å²) in [5.74, 6) is -0.111. The molecule has 0 aliphatic heterocycles. The normalized spacial score (nSPS) is 10.6. The third-order valence-electron chi connectivity index (χ3n) is 2.66. The first-order valence-electron chi connectivity index (χ1n) is 5.41. The van der Waals surface area contributed by atoms with Gasteiger partial charge in [-0.1, -0.05) is 11.6 Å². The Labute approximate surface area is 110 Å². The van der Waals surface area contributed by atoms with Gasteiger partial charge in [0.1, 0.15) is 5.69 Å². The van der Waals surface area contributed by atoms with Crippen LogP contribution in [-0.2, 0) is 13.5 Å². The largest absolute Gasteiger partial charge is 0.397 e. The highest BCUT2D eigenvalue weighted by molar-refractivity contribution is 6.32. The van der Waals surface area contributed by atoms with Crippen LogP contribution in [0.5, 0.6) is 0 Å². The number of ketones is 1. The standard InChI is InChI=1S/C12H13ClN4O/c1-7-12(13)10(17(2)16-7)5-11(18)9-4-3-8(14)6-15-9/h3-4,6H,5,14H2,1-2H3. The van der Waals surface area contributed by atoms with Gasteiger partial charge in [-0.05, 0) is 19.1 Å². The summed E-state index contributed by atoms with van der Waals surface area (Å²) in [6, 6.07) is 3.26. The molecule has 2 aromatic rings. The van der Waals surface area contributed by atoms with Gasteiger partial charge >= 0.3 is 0 Å². The van der Waals surface area contributed by atoms with Crippen molar-refractivity contribution >= 4 is 23.1 Å². The lowest BCUT2D eigenvalue weighted by atomic mass is 10.1. The molecule has 0 fully saturated rings. The zero-order chi connectivity index (χ0) is 13.3. The Hall–Kier alpha value is -1.88. The highest BCUT2D eigenvalue weighted by atomic mass is 35.5. The van der Waals surface area contributed by atoms with Crippen LogP contribution < -0.4 is 5.73 Å². The lowest BCUT2D eigenvalue weighted by molar-refractivity contribution is 0.0986. The lowest BCUT2D eigenvalue weighted by Gasteiger charge is -2.02. The highest BCUT2D eigenvalue weighted by Crippen LogP contribution is 2.20. The van der Waals surface area contributed by atoms with E-state index >= 15 is 0 Å². The number of Topliss-reactive ketones (excluding diaryl/α,β-unsaturated/α-hetero) is 1. The second-order valence-electron chi connectivity index (χ2n) is 4.05. The molecule has 0 aliphatic rings. The monoisotopic (exact) mass is 264 g/mol. The number of halogens is 1. The topological polar surface area (TPSA) is 73.8 Å². The van der Waals surface area contributed by atoms with Gasteiger partial charge in [0.25, 0.3) is 0 Å². The molecule has 2 N–H and O–H groups in total. The van der Waals surface area contributed by atoms with Crippen LogP contribution in [0.25, 0.3) is 0 Å². The van der Waals surface area contributed by atoms with E-state index in [1.165, 1.54) is 6.20 Å². The van der Waals surface area contributed by atoms with E-state index in [4.69, 9.17) is 17.3 Å². The van der Waals surface area contributed by atoms with Crippen LogP contribution in [-0.4, -0.2) is 20.5 Å². The summed E-state index contributed by atoms with van der Waals surface area (Å²) in [7, 11) is 1.76. The van der Waals surface area contributed by atoms with Crippen molar-refractivity contribution in [2.75, 3.05) is 5.73 Å². The lowest BCUT2D eigenvalue weighted by Crippen LogP contribution is -2.10. The predicted molar refractivity (Wildman–Crippen MR) is 69.6 cm³/mol. The van der Waals surface area contributed by atoms with Gasteiger partial charge in [0.05, 0.1) is 34.7 Å². The van der Waals surface area contributed by atoms with Crippen LogP contribution in [0.1, 0.15) is 21.9 Å². The summed E-state index contributed by atoms with van der Waals surface area (Å²) >= 11 is 6.09. The number of pyridine rings is 1. The summed E-state index contributed by atoms with van der Waals surface area (Å²) in [6.07, 6.45) is 1.64. The van der Waals surface area contributed by atoms with Gasteiger partial charge < -0.3 is 5.73 Å². The number of nitrogens with two attached hydrogens (primary N) is 1. The quantitative estimate of drug-likeness (QED) is 0.858. The van der Waals surface area contributed by atoms with Crippen molar-refractivity contribution < 1.29 is 4.79 Å². The predicted octanol–water partition coefficient (Wildman–Crippen LogP) is 1.78. The van der Waals surface area contributed by atoms with Crippen LogP contribution in [0, 0.1) is 6.92 Å². The minimum atomic E-state index is -0.111. The SMILES string of the molecule is Cc1nn(C)c(CC(=O)c2ccc(N)cn2)c1Cl. The van der Waals surface area contributed by atoms with Gasteiger partial charge in [-0.25, -0.2) is 0 Å². The third-order valence-corrected chi connectivity index (χ3v) is 3.15. The number of aryl methyl sites for hydroxylation is 2. The van der Waals surface area contributed by atoms with Crippen LogP contribution in [0.3, 0.4) is 0 Å². The molecule has 94 valence electrons. The van der Waals surface area contributed by atoms with Gasteiger partial charge in [-0.2, -0.15) is 5.10 Å². The minimum absolute atomic E-state index is 0.111. The Morgan fingerprint density at radius 1 is 1.50 bits per heavy atom. The van der Waals surface area contributed by atoms with Crippen molar-refractivity contribution in [3.05, 3.63) is 40.4 Å². The van der Waals surface area contributed by atoms with Gasteiger partial charge in [0, 0.05) is 7.05 Å². The molecule has 0 radical (unpaired) electrons. The zero-order valence-electron chi connectivity index (χ0n) is 10.1. The highest BCUT2D eigenvalue weighted by Gasteiger charge is 2.16. The molecule has 0 aromatic carbocycles. The summed E-state index contributed by atoms with van der Waals surface area (Å²) < 4.78 is 1.62.